The molecular weight excluding hydrogens is 401 g/mol. The van der Waals surface area contributed by atoms with E-state index in [0.717, 1.165) is 26.9 Å². The minimum absolute atomic E-state index is 0.433. The van der Waals surface area contributed by atoms with Crippen LogP contribution in [0, 0.1) is 0 Å². The van der Waals surface area contributed by atoms with E-state index < -0.39 is 7.40 Å². The minimum atomic E-state index is -2.70. The van der Waals surface area contributed by atoms with Crippen molar-refractivity contribution in [1.29, 1.82) is 0 Å². The van der Waals surface area contributed by atoms with Gasteiger partial charge in [-0.15, -0.1) is 0 Å². The van der Waals surface area contributed by atoms with E-state index in [9.17, 15) is 8.63 Å². The van der Waals surface area contributed by atoms with Gasteiger partial charge in [0.1, 0.15) is 0 Å². The lowest BCUT2D eigenvalue weighted by Gasteiger charge is -2.15. The zero-order chi connectivity index (χ0) is 21.9. The number of halogens is 2. The van der Waals surface area contributed by atoms with Gasteiger partial charge in [0.25, 0.3) is 0 Å². The summed E-state index contributed by atoms with van der Waals surface area (Å²) >= 11 is 0. The zero-order valence-corrected chi connectivity index (χ0v) is 17.2. The summed E-state index contributed by atoms with van der Waals surface area (Å²) < 4.78 is 29.9. The third-order valence-electron chi connectivity index (χ3n) is 5.47. The number of aromatic nitrogens is 1. The molecule has 2 heterocycles. The molecule has 2 nitrogen and oxygen atoms in total. The largest absolute Gasteiger partial charge is 0.678 e. The van der Waals surface area contributed by atoms with Gasteiger partial charge < -0.3 is 4.48 Å². The van der Waals surface area contributed by atoms with Crippen molar-refractivity contribution in [3.8, 4) is 11.3 Å². The van der Waals surface area contributed by atoms with Crippen molar-refractivity contribution in [3.05, 3.63) is 138 Å². The van der Waals surface area contributed by atoms with Crippen molar-refractivity contribution in [3.63, 3.8) is 0 Å². The van der Waals surface area contributed by atoms with Crippen LogP contribution < -0.4 is 0 Å². The van der Waals surface area contributed by atoms with Crippen LogP contribution in [0.5, 0.6) is 0 Å². The van der Waals surface area contributed by atoms with E-state index >= 15 is 0 Å². The van der Waals surface area contributed by atoms with Crippen LogP contribution in [0.25, 0.3) is 16.8 Å². The highest BCUT2D eigenvalue weighted by atomic mass is 19.2. The molecule has 5 heteroatoms. The Labute approximate surface area is 186 Å². The molecule has 0 saturated carbocycles. The number of nitrogens with zero attached hydrogens (tertiary/aromatic N) is 2. The summed E-state index contributed by atoms with van der Waals surface area (Å²) in [5.41, 5.74) is 5.62. The maximum Gasteiger partial charge on any atom is 0.678 e. The van der Waals surface area contributed by atoms with E-state index in [4.69, 9.17) is 4.99 Å². The van der Waals surface area contributed by atoms with Crippen LogP contribution in [0.15, 0.2) is 126 Å². The second-order valence-corrected chi connectivity index (χ2v) is 7.44. The maximum atomic E-state index is 14.4. The summed E-state index contributed by atoms with van der Waals surface area (Å²) in [5.74, 6) is 0. The molecule has 0 unspecified atom stereocenters. The Morgan fingerprint density at radius 1 is 0.656 bits per heavy atom. The molecule has 0 N–H and O–H groups in total. The first-order valence-corrected chi connectivity index (χ1v) is 10.4. The van der Waals surface area contributed by atoms with Crippen molar-refractivity contribution >= 4 is 18.7 Å². The smallest absolute Gasteiger partial charge is 0.325 e. The first-order chi connectivity index (χ1) is 15.7. The molecule has 0 saturated heterocycles. The lowest BCUT2D eigenvalue weighted by Crippen LogP contribution is -2.17. The van der Waals surface area contributed by atoms with Crippen LogP contribution in [-0.4, -0.2) is 17.6 Å². The van der Waals surface area contributed by atoms with Crippen LogP contribution >= 0.6 is 0 Å². The fourth-order valence-corrected chi connectivity index (χ4v) is 4.01. The molecule has 1 aliphatic rings. The number of rotatable bonds is 5. The van der Waals surface area contributed by atoms with E-state index in [1.807, 2.05) is 103 Å². The Kier molecular flexibility index (Phi) is 5.38. The predicted molar refractivity (Wildman–Crippen MR) is 128 cm³/mol. The Morgan fingerprint density at radius 3 is 1.88 bits per heavy atom. The fourth-order valence-electron chi connectivity index (χ4n) is 4.01. The molecule has 0 atom stereocenters. The van der Waals surface area contributed by atoms with Crippen molar-refractivity contribution in [2.75, 3.05) is 0 Å². The summed E-state index contributed by atoms with van der Waals surface area (Å²) in [5, 5.41) is 0. The number of hydrogen-bond donors (Lipinski definition) is 0. The Balaban J connectivity index is 1.73. The number of allylic oxidation sites excluding steroid dienone is 2. The molecule has 0 amide bonds. The second kappa shape index (κ2) is 8.63. The SMILES string of the molecule is FB(F)n1c(/C(=C2/C=CC(c3ccccc3)=N2)c2ccccc2)ccc1-c1ccccc1. The average Bonchev–Trinajstić information content (AvgIpc) is 3.50. The summed E-state index contributed by atoms with van der Waals surface area (Å²) in [7, 11) is -2.70. The van der Waals surface area contributed by atoms with Crippen LogP contribution in [0.4, 0.5) is 8.63 Å². The van der Waals surface area contributed by atoms with Gasteiger partial charge in [0.15, 0.2) is 0 Å². The molecule has 0 spiro atoms. The highest BCUT2D eigenvalue weighted by Gasteiger charge is 2.28. The van der Waals surface area contributed by atoms with Crippen molar-refractivity contribution < 1.29 is 8.63 Å². The fraction of sp³-hybridized carbons (Fsp3) is 0. The Morgan fingerprint density at radius 2 is 1.25 bits per heavy atom. The molecular formula is C27H19BF2N2. The van der Waals surface area contributed by atoms with Gasteiger partial charge in [0, 0.05) is 22.5 Å². The maximum absolute atomic E-state index is 14.4. The van der Waals surface area contributed by atoms with Crippen LogP contribution in [0.2, 0.25) is 0 Å². The molecule has 0 fully saturated rings. The van der Waals surface area contributed by atoms with Gasteiger partial charge in [-0.05, 0) is 35.4 Å². The van der Waals surface area contributed by atoms with Crippen LogP contribution in [0.1, 0.15) is 16.8 Å². The highest BCUT2D eigenvalue weighted by Crippen LogP contribution is 2.35. The molecule has 32 heavy (non-hydrogen) atoms. The normalized spacial score (nSPS) is 14.4. The summed E-state index contributed by atoms with van der Waals surface area (Å²) in [6, 6.07) is 32.2. The third-order valence-corrected chi connectivity index (χ3v) is 5.47. The van der Waals surface area contributed by atoms with E-state index in [1.54, 1.807) is 12.1 Å². The molecule has 154 valence electrons. The Bertz CT molecular complexity index is 1320. The molecule has 3 aromatic carbocycles. The average molecular weight is 420 g/mol. The van der Waals surface area contributed by atoms with E-state index in [-0.39, 0.29) is 0 Å². The standard InChI is InChI=1S/C27H19BF2N2/c29-28(30)32-25(21-12-6-2-7-13-21)18-19-26(32)27(22-14-8-3-9-15-22)24-17-16-23(31-24)20-10-4-1-5-11-20/h1-19H/b27-24-. The van der Waals surface area contributed by atoms with Gasteiger partial charge in [-0.3, -0.25) is 8.63 Å². The summed E-state index contributed by atoms with van der Waals surface area (Å²) in [6.45, 7) is 0. The molecule has 1 aromatic heterocycles. The first-order valence-electron chi connectivity index (χ1n) is 10.4. The monoisotopic (exact) mass is 420 g/mol. The summed E-state index contributed by atoms with van der Waals surface area (Å²) in [6.07, 6.45) is 3.83. The highest BCUT2D eigenvalue weighted by molar-refractivity contribution is 6.42. The van der Waals surface area contributed by atoms with Gasteiger partial charge in [0.2, 0.25) is 0 Å². The van der Waals surface area contributed by atoms with Gasteiger partial charge in [0.05, 0.1) is 11.4 Å². The second-order valence-electron chi connectivity index (χ2n) is 7.44. The van der Waals surface area contributed by atoms with Crippen molar-refractivity contribution in [2.24, 2.45) is 4.99 Å². The molecule has 5 rings (SSSR count). The lowest BCUT2D eigenvalue weighted by atomic mass is 9.98. The quantitative estimate of drug-likeness (QED) is 0.318. The number of benzene rings is 3. The Hall–Kier alpha value is -3.99. The summed E-state index contributed by atoms with van der Waals surface area (Å²) in [4.78, 5) is 4.82. The van der Waals surface area contributed by atoms with Crippen LogP contribution in [0.3, 0.4) is 0 Å². The topological polar surface area (TPSA) is 17.3 Å². The van der Waals surface area contributed by atoms with E-state index in [2.05, 4.69) is 0 Å². The number of hydrogen-bond acceptors (Lipinski definition) is 1. The van der Waals surface area contributed by atoms with Crippen molar-refractivity contribution in [2.45, 2.75) is 0 Å². The zero-order valence-electron chi connectivity index (χ0n) is 17.2. The van der Waals surface area contributed by atoms with Gasteiger partial charge >= 0.3 is 7.40 Å². The third kappa shape index (κ3) is 3.74. The van der Waals surface area contributed by atoms with Gasteiger partial charge in [-0.2, -0.15) is 0 Å². The van der Waals surface area contributed by atoms with Crippen LogP contribution in [-0.2, 0) is 0 Å². The van der Waals surface area contributed by atoms with E-state index in [1.165, 1.54) is 0 Å². The molecule has 0 bridgehead atoms. The van der Waals surface area contributed by atoms with Gasteiger partial charge in [-0.1, -0.05) is 91.0 Å². The molecule has 1 aliphatic heterocycles. The predicted octanol–water partition coefficient (Wildman–Crippen LogP) is 6.75. The lowest BCUT2D eigenvalue weighted by molar-refractivity contribution is 0.630. The molecule has 0 aliphatic carbocycles. The molecule has 4 aromatic rings. The molecule has 0 radical (unpaired) electrons. The minimum Gasteiger partial charge on any atom is -0.325 e. The van der Waals surface area contributed by atoms with Crippen molar-refractivity contribution in [1.82, 2.24) is 4.48 Å². The van der Waals surface area contributed by atoms with Gasteiger partial charge in [-0.25, -0.2) is 4.99 Å². The first kappa shape index (κ1) is 19.9. The number of aliphatic imine (C=N–C) groups is 1. The van der Waals surface area contributed by atoms with E-state index in [0.29, 0.717) is 22.7 Å².